The molecule has 1 aromatic rings. The maximum absolute atomic E-state index is 12.2. The lowest BCUT2D eigenvalue weighted by molar-refractivity contribution is 0.0874. The molecule has 0 radical (unpaired) electrons. The number of amides is 1. The maximum atomic E-state index is 12.2. The minimum absolute atomic E-state index is 0.107. The fourth-order valence-corrected chi connectivity index (χ4v) is 3.64. The number of hydrogen-bond acceptors (Lipinski definition) is 4. The maximum Gasteiger partial charge on any atom is 0.263 e. The predicted molar refractivity (Wildman–Crippen MR) is 81.2 cm³/mol. The molecule has 0 aromatic carbocycles. The summed E-state index contributed by atoms with van der Waals surface area (Å²) >= 11 is 1.52. The number of rotatable bonds is 5. The summed E-state index contributed by atoms with van der Waals surface area (Å²) in [6.07, 6.45) is 4.43. The number of aliphatic hydroxyl groups excluding tert-OH is 1. The largest absolute Gasteiger partial charge is 0.391 e. The zero-order valence-electron chi connectivity index (χ0n) is 12.5. The van der Waals surface area contributed by atoms with E-state index in [0.717, 1.165) is 10.7 Å². The second-order valence-electron chi connectivity index (χ2n) is 5.97. The molecule has 1 unspecified atom stereocenters. The molecule has 0 aliphatic heterocycles. The molecule has 1 amide bonds. The van der Waals surface area contributed by atoms with Crippen LogP contribution in [-0.2, 0) is 0 Å². The zero-order chi connectivity index (χ0) is 14.7. The van der Waals surface area contributed by atoms with Gasteiger partial charge in [0, 0.05) is 12.5 Å². The summed E-state index contributed by atoms with van der Waals surface area (Å²) in [5.41, 5.74) is 0.813. The molecule has 1 heterocycles. The van der Waals surface area contributed by atoms with Crippen LogP contribution >= 0.6 is 11.3 Å². The first-order chi connectivity index (χ1) is 9.49. The molecular weight excluding hydrogens is 272 g/mol. The predicted octanol–water partition coefficient (Wildman–Crippen LogP) is 2.86. The first-order valence-electron chi connectivity index (χ1n) is 7.42. The smallest absolute Gasteiger partial charge is 0.263 e. The van der Waals surface area contributed by atoms with Gasteiger partial charge < -0.3 is 10.4 Å². The van der Waals surface area contributed by atoms with E-state index in [1.807, 2.05) is 20.8 Å². The number of nitrogens with zero attached hydrogens (tertiary/aromatic N) is 1. The molecule has 2 rings (SSSR count). The Labute approximate surface area is 124 Å². The van der Waals surface area contributed by atoms with E-state index < -0.39 is 6.10 Å². The Balaban J connectivity index is 1.99. The molecule has 1 aliphatic rings. The van der Waals surface area contributed by atoms with E-state index >= 15 is 0 Å². The number of hydrogen-bond donors (Lipinski definition) is 2. The van der Waals surface area contributed by atoms with E-state index in [1.54, 1.807) is 0 Å². The van der Waals surface area contributed by atoms with Crippen LogP contribution in [0.3, 0.4) is 0 Å². The molecule has 0 spiro atoms. The number of aromatic nitrogens is 1. The molecule has 1 aliphatic carbocycles. The van der Waals surface area contributed by atoms with E-state index in [4.69, 9.17) is 0 Å². The second-order valence-corrected chi connectivity index (χ2v) is 7.00. The molecule has 5 heteroatoms. The number of thiazole rings is 1. The fourth-order valence-electron chi connectivity index (χ4n) is 2.49. The Morgan fingerprint density at radius 2 is 2.10 bits per heavy atom. The van der Waals surface area contributed by atoms with Crippen molar-refractivity contribution in [3.63, 3.8) is 0 Å². The Hall–Kier alpha value is -0.940. The lowest BCUT2D eigenvalue weighted by atomic mass is 10.1. The molecule has 1 fully saturated rings. The van der Waals surface area contributed by atoms with Gasteiger partial charge >= 0.3 is 0 Å². The van der Waals surface area contributed by atoms with Gasteiger partial charge in [-0.2, -0.15) is 0 Å². The normalized spacial score (nSPS) is 17.6. The van der Waals surface area contributed by atoms with Gasteiger partial charge in [0.1, 0.15) is 4.88 Å². The number of carbonyl (C=O) groups is 1. The van der Waals surface area contributed by atoms with Gasteiger partial charge in [-0.3, -0.25) is 4.79 Å². The van der Waals surface area contributed by atoms with E-state index in [9.17, 15) is 9.90 Å². The lowest BCUT2D eigenvalue weighted by Gasteiger charge is -2.14. The molecule has 112 valence electrons. The number of aliphatic hydroxyl groups is 1. The van der Waals surface area contributed by atoms with E-state index in [0.29, 0.717) is 17.3 Å². The Bertz CT molecular complexity index is 464. The highest BCUT2D eigenvalue weighted by molar-refractivity contribution is 7.13. The van der Waals surface area contributed by atoms with Gasteiger partial charge in [0.2, 0.25) is 0 Å². The lowest BCUT2D eigenvalue weighted by Crippen LogP contribution is -2.34. The molecule has 1 saturated carbocycles. The molecular formula is C15H24N2O2S. The van der Waals surface area contributed by atoms with Gasteiger partial charge in [-0.05, 0) is 25.7 Å². The first kappa shape index (κ1) is 15.4. The first-order valence-corrected chi connectivity index (χ1v) is 8.24. The van der Waals surface area contributed by atoms with Gasteiger partial charge in [-0.15, -0.1) is 11.3 Å². The van der Waals surface area contributed by atoms with E-state index in [-0.39, 0.29) is 11.8 Å². The van der Waals surface area contributed by atoms with Gasteiger partial charge in [-0.1, -0.05) is 26.7 Å². The molecule has 1 atom stereocenters. The van der Waals surface area contributed by atoms with Crippen molar-refractivity contribution in [3.05, 3.63) is 15.6 Å². The highest BCUT2D eigenvalue weighted by Gasteiger charge is 2.24. The molecule has 2 N–H and O–H groups in total. The molecule has 0 bridgehead atoms. The average Bonchev–Trinajstić information content (AvgIpc) is 3.04. The molecule has 4 nitrogen and oxygen atoms in total. The van der Waals surface area contributed by atoms with E-state index in [2.05, 4.69) is 10.3 Å². The summed E-state index contributed by atoms with van der Waals surface area (Å²) in [5, 5.41) is 13.7. The summed E-state index contributed by atoms with van der Waals surface area (Å²) in [7, 11) is 0. The standard InChI is InChI=1S/C15H24N2O2S/c1-9(2)12(18)8-16-14(19)13-10(3)17-15(20-13)11-6-4-5-7-11/h9,11-12,18H,4-8H2,1-3H3,(H,16,19). The van der Waals surface area contributed by atoms with Crippen LogP contribution in [-0.4, -0.2) is 28.6 Å². The number of aryl methyl sites for hydroxylation is 1. The molecule has 20 heavy (non-hydrogen) atoms. The van der Waals surface area contributed by atoms with Gasteiger partial charge in [0.25, 0.3) is 5.91 Å². The fraction of sp³-hybridized carbons (Fsp3) is 0.733. The van der Waals surface area contributed by atoms with Crippen molar-refractivity contribution in [2.45, 2.75) is 58.5 Å². The molecule has 0 saturated heterocycles. The Morgan fingerprint density at radius 3 is 2.70 bits per heavy atom. The summed E-state index contributed by atoms with van der Waals surface area (Å²) in [6, 6.07) is 0. The van der Waals surface area contributed by atoms with Crippen LogP contribution in [0.1, 0.15) is 65.8 Å². The highest BCUT2D eigenvalue weighted by Crippen LogP contribution is 2.37. The Morgan fingerprint density at radius 1 is 1.45 bits per heavy atom. The summed E-state index contributed by atoms with van der Waals surface area (Å²) in [5.74, 6) is 0.581. The van der Waals surface area contributed by atoms with Crippen molar-refractivity contribution in [3.8, 4) is 0 Å². The minimum Gasteiger partial charge on any atom is -0.391 e. The molecule has 1 aromatic heterocycles. The van der Waals surface area contributed by atoms with Crippen LogP contribution in [0.4, 0.5) is 0 Å². The van der Waals surface area contributed by atoms with Crippen molar-refractivity contribution in [1.82, 2.24) is 10.3 Å². The summed E-state index contributed by atoms with van der Waals surface area (Å²) in [4.78, 5) is 17.4. The third-order valence-corrected chi connectivity index (χ3v) is 5.28. The van der Waals surface area contributed by atoms with Crippen molar-refractivity contribution in [2.24, 2.45) is 5.92 Å². The van der Waals surface area contributed by atoms with Crippen LogP contribution in [0.2, 0.25) is 0 Å². The SMILES string of the molecule is Cc1nc(C2CCCC2)sc1C(=O)NCC(O)C(C)C. The van der Waals surface area contributed by atoms with Crippen molar-refractivity contribution in [1.29, 1.82) is 0 Å². The number of nitrogens with one attached hydrogen (secondary N) is 1. The topological polar surface area (TPSA) is 62.2 Å². The van der Waals surface area contributed by atoms with Crippen molar-refractivity contribution < 1.29 is 9.90 Å². The van der Waals surface area contributed by atoms with Crippen molar-refractivity contribution >= 4 is 17.2 Å². The Kier molecular flexibility index (Phi) is 5.16. The van der Waals surface area contributed by atoms with E-state index in [1.165, 1.54) is 37.0 Å². The summed E-state index contributed by atoms with van der Waals surface area (Å²) < 4.78 is 0. The quantitative estimate of drug-likeness (QED) is 0.878. The van der Waals surface area contributed by atoms with Crippen LogP contribution < -0.4 is 5.32 Å². The van der Waals surface area contributed by atoms with Crippen LogP contribution in [0.25, 0.3) is 0 Å². The van der Waals surface area contributed by atoms with Crippen LogP contribution in [0.15, 0.2) is 0 Å². The van der Waals surface area contributed by atoms with Gasteiger partial charge in [0.15, 0.2) is 0 Å². The second kappa shape index (κ2) is 6.68. The average molecular weight is 296 g/mol. The zero-order valence-corrected chi connectivity index (χ0v) is 13.3. The van der Waals surface area contributed by atoms with Crippen LogP contribution in [0, 0.1) is 12.8 Å². The van der Waals surface area contributed by atoms with Crippen LogP contribution in [0.5, 0.6) is 0 Å². The summed E-state index contributed by atoms with van der Waals surface area (Å²) in [6.45, 7) is 6.06. The van der Waals surface area contributed by atoms with Gasteiger partial charge in [-0.25, -0.2) is 4.98 Å². The third kappa shape index (κ3) is 3.58. The number of carbonyl (C=O) groups excluding carboxylic acids is 1. The third-order valence-electron chi connectivity index (χ3n) is 3.97. The highest BCUT2D eigenvalue weighted by atomic mass is 32.1. The van der Waals surface area contributed by atoms with Crippen molar-refractivity contribution in [2.75, 3.05) is 6.54 Å². The monoisotopic (exact) mass is 296 g/mol. The minimum atomic E-state index is -0.499. The van der Waals surface area contributed by atoms with Gasteiger partial charge in [0.05, 0.1) is 16.8 Å².